The van der Waals surface area contributed by atoms with Crippen LogP contribution >= 0.6 is 0 Å². The Balaban J connectivity index is 2.50. The highest BCUT2D eigenvalue weighted by Crippen LogP contribution is 2.15. The molecule has 2 N–H and O–H groups in total. The third kappa shape index (κ3) is 3.58. The van der Waals surface area contributed by atoms with Gasteiger partial charge in [-0.2, -0.15) is 0 Å². The predicted octanol–water partition coefficient (Wildman–Crippen LogP) is 2.28. The Morgan fingerprint density at radius 1 is 1.38 bits per heavy atom. The van der Waals surface area contributed by atoms with E-state index in [0.717, 1.165) is 18.5 Å². The number of pyridine rings is 1. The van der Waals surface area contributed by atoms with Crippen LogP contribution in [-0.2, 0) is 0 Å². The Morgan fingerprint density at radius 2 is 2.06 bits per heavy atom. The SMILES string of the molecule is CCC(O)(CC)CN[C@@H](C)c1ccccn1. The molecule has 1 rings (SSSR count). The number of aromatic nitrogens is 1. The third-order valence-corrected chi connectivity index (χ3v) is 3.18. The molecule has 1 atom stereocenters. The second-order valence-electron chi connectivity index (χ2n) is 4.29. The number of hydrogen-bond donors (Lipinski definition) is 2. The fourth-order valence-electron chi connectivity index (χ4n) is 1.58. The lowest BCUT2D eigenvalue weighted by molar-refractivity contribution is 0.0302. The molecular formula is C13H22N2O. The Hall–Kier alpha value is -0.930. The normalized spacial score (nSPS) is 13.8. The van der Waals surface area contributed by atoms with Crippen LogP contribution in [0.15, 0.2) is 24.4 Å². The summed E-state index contributed by atoms with van der Waals surface area (Å²) in [5.74, 6) is 0. The number of rotatable bonds is 6. The average Bonchev–Trinajstić information content (AvgIpc) is 2.36. The minimum atomic E-state index is -0.594. The number of nitrogens with zero attached hydrogens (tertiary/aromatic N) is 1. The lowest BCUT2D eigenvalue weighted by Crippen LogP contribution is -2.40. The molecule has 0 spiro atoms. The van der Waals surface area contributed by atoms with Crippen LogP contribution in [0, 0.1) is 0 Å². The van der Waals surface area contributed by atoms with Gasteiger partial charge in [0.25, 0.3) is 0 Å². The van der Waals surface area contributed by atoms with Gasteiger partial charge in [-0.15, -0.1) is 0 Å². The summed E-state index contributed by atoms with van der Waals surface area (Å²) in [6.45, 7) is 6.69. The molecule has 0 aliphatic rings. The van der Waals surface area contributed by atoms with Crippen molar-refractivity contribution in [1.29, 1.82) is 0 Å². The quantitative estimate of drug-likeness (QED) is 0.776. The number of aliphatic hydroxyl groups is 1. The molecule has 0 radical (unpaired) electrons. The van der Waals surface area contributed by atoms with Crippen LogP contribution in [0.25, 0.3) is 0 Å². The molecular weight excluding hydrogens is 200 g/mol. The van der Waals surface area contributed by atoms with Crippen molar-refractivity contribution < 1.29 is 5.11 Å². The van der Waals surface area contributed by atoms with Crippen LogP contribution in [0.5, 0.6) is 0 Å². The Bertz CT molecular complexity index is 296. The zero-order valence-electron chi connectivity index (χ0n) is 10.4. The number of nitrogens with one attached hydrogen (secondary N) is 1. The minimum absolute atomic E-state index is 0.172. The summed E-state index contributed by atoms with van der Waals surface area (Å²) < 4.78 is 0. The van der Waals surface area contributed by atoms with E-state index >= 15 is 0 Å². The van der Waals surface area contributed by atoms with Crippen LogP contribution in [0.2, 0.25) is 0 Å². The molecule has 0 aromatic carbocycles. The van der Waals surface area contributed by atoms with Crippen LogP contribution in [0.1, 0.15) is 45.3 Å². The van der Waals surface area contributed by atoms with Crippen molar-refractivity contribution in [2.45, 2.75) is 45.3 Å². The molecule has 3 nitrogen and oxygen atoms in total. The standard InChI is InChI=1S/C13H22N2O/c1-4-13(16,5-2)10-15-11(3)12-8-6-7-9-14-12/h6-9,11,15-16H,4-5,10H2,1-3H3/t11-/m0/s1. The van der Waals surface area contributed by atoms with Crippen molar-refractivity contribution in [3.63, 3.8) is 0 Å². The van der Waals surface area contributed by atoms with Gasteiger partial charge in [-0.05, 0) is 31.9 Å². The van der Waals surface area contributed by atoms with Gasteiger partial charge < -0.3 is 10.4 Å². The van der Waals surface area contributed by atoms with Crippen LogP contribution in [0.4, 0.5) is 0 Å². The molecule has 0 unspecified atom stereocenters. The van der Waals surface area contributed by atoms with Gasteiger partial charge in [0, 0.05) is 18.8 Å². The van der Waals surface area contributed by atoms with Gasteiger partial charge in [0.05, 0.1) is 11.3 Å². The first kappa shape index (κ1) is 13.1. The van der Waals surface area contributed by atoms with E-state index < -0.39 is 5.60 Å². The minimum Gasteiger partial charge on any atom is -0.389 e. The first-order valence-corrected chi connectivity index (χ1v) is 5.98. The second kappa shape index (κ2) is 5.97. The maximum Gasteiger partial charge on any atom is 0.0766 e. The van der Waals surface area contributed by atoms with Crippen LogP contribution < -0.4 is 5.32 Å². The van der Waals surface area contributed by atoms with Gasteiger partial charge in [0.1, 0.15) is 0 Å². The van der Waals surface area contributed by atoms with Gasteiger partial charge in [-0.3, -0.25) is 4.98 Å². The summed E-state index contributed by atoms with van der Waals surface area (Å²) >= 11 is 0. The van der Waals surface area contributed by atoms with Crippen LogP contribution in [-0.4, -0.2) is 22.2 Å². The second-order valence-corrected chi connectivity index (χ2v) is 4.29. The highest BCUT2D eigenvalue weighted by Gasteiger charge is 2.22. The van der Waals surface area contributed by atoms with Gasteiger partial charge in [0.2, 0.25) is 0 Å². The van der Waals surface area contributed by atoms with E-state index in [1.54, 1.807) is 6.20 Å². The molecule has 16 heavy (non-hydrogen) atoms. The maximum atomic E-state index is 10.1. The van der Waals surface area contributed by atoms with Crippen molar-refractivity contribution in [2.75, 3.05) is 6.54 Å². The topological polar surface area (TPSA) is 45.1 Å². The van der Waals surface area contributed by atoms with Gasteiger partial charge in [0.15, 0.2) is 0 Å². The smallest absolute Gasteiger partial charge is 0.0766 e. The largest absolute Gasteiger partial charge is 0.389 e. The van der Waals surface area contributed by atoms with E-state index in [-0.39, 0.29) is 6.04 Å². The van der Waals surface area contributed by atoms with E-state index in [1.807, 2.05) is 32.0 Å². The van der Waals surface area contributed by atoms with E-state index in [1.165, 1.54) is 0 Å². The molecule has 0 bridgehead atoms. The molecule has 0 aliphatic heterocycles. The van der Waals surface area contributed by atoms with E-state index in [9.17, 15) is 5.11 Å². The molecule has 0 saturated heterocycles. The molecule has 0 saturated carbocycles. The summed E-state index contributed by atoms with van der Waals surface area (Å²) in [5, 5.41) is 13.5. The average molecular weight is 222 g/mol. The Labute approximate surface area is 97.9 Å². The molecule has 0 aliphatic carbocycles. The van der Waals surface area contributed by atoms with Crippen molar-refractivity contribution in [2.24, 2.45) is 0 Å². The van der Waals surface area contributed by atoms with E-state index in [4.69, 9.17) is 0 Å². The molecule has 3 heteroatoms. The fourth-order valence-corrected chi connectivity index (χ4v) is 1.58. The zero-order valence-corrected chi connectivity index (χ0v) is 10.4. The lowest BCUT2D eigenvalue weighted by Gasteiger charge is -2.27. The van der Waals surface area contributed by atoms with E-state index in [2.05, 4.69) is 17.2 Å². The Morgan fingerprint density at radius 3 is 2.56 bits per heavy atom. The Kier molecular flexibility index (Phi) is 4.90. The molecule has 0 fully saturated rings. The third-order valence-electron chi connectivity index (χ3n) is 3.18. The highest BCUT2D eigenvalue weighted by atomic mass is 16.3. The molecule has 1 aromatic rings. The molecule has 0 amide bonds. The first-order chi connectivity index (χ1) is 7.61. The highest BCUT2D eigenvalue weighted by molar-refractivity contribution is 5.07. The van der Waals surface area contributed by atoms with Gasteiger partial charge >= 0.3 is 0 Å². The van der Waals surface area contributed by atoms with Crippen molar-refractivity contribution in [1.82, 2.24) is 10.3 Å². The summed E-state index contributed by atoms with van der Waals surface area (Å²) in [5.41, 5.74) is 0.417. The van der Waals surface area contributed by atoms with Crippen molar-refractivity contribution in [3.8, 4) is 0 Å². The summed E-state index contributed by atoms with van der Waals surface area (Å²) in [4.78, 5) is 4.29. The van der Waals surface area contributed by atoms with Crippen molar-refractivity contribution >= 4 is 0 Å². The molecule has 1 aromatic heterocycles. The van der Waals surface area contributed by atoms with Gasteiger partial charge in [-0.25, -0.2) is 0 Å². The van der Waals surface area contributed by atoms with Crippen LogP contribution in [0.3, 0.4) is 0 Å². The summed E-state index contributed by atoms with van der Waals surface area (Å²) in [6.07, 6.45) is 3.33. The number of hydrogen-bond acceptors (Lipinski definition) is 3. The van der Waals surface area contributed by atoms with Gasteiger partial charge in [-0.1, -0.05) is 19.9 Å². The predicted molar refractivity (Wildman–Crippen MR) is 66.2 cm³/mol. The van der Waals surface area contributed by atoms with Crippen molar-refractivity contribution in [3.05, 3.63) is 30.1 Å². The van der Waals surface area contributed by atoms with E-state index in [0.29, 0.717) is 6.54 Å². The summed E-state index contributed by atoms with van der Waals surface area (Å²) in [7, 11) is 0. The monoisotopic (exact) mass is 222 g/mol. The lowest BCUT2D eigenvalue weighted by atomic mass is 9.97. The summed E-state index contributed by atoms with van der Waals surface area (Å²) in [6, 6.07) is 6.05. The first-order valence-electron chi connectivity index (χ1n) is 5.98. The molecule has 90 valence electrons. The fraction of sp³-hybridized carbons (Fsp3) is 0.615. The zero-order chi connectivity index (χ0) is 12.0. The molecule has 1 heterocycles. The maximum absolute atomic E-state index is 10.1.